The first-order valence-electron chi connectivity index (χ1n) is 6.54. The van der Waals surface area contributed by atoms with E-state index >= 15 is 0 Å². The first-order chi connectivity index (χ1) is 9.97. The largest absolute Gasteiger partial charge is 0.439 e. The highest BCUT2D eigenvalue weighted by molar-refractivity contribution is 5.97. The Labute approximate surface area is 124 Å². The molecule has 1 aromatic rings. The summed E-state index contributed by atoms with van der Waals surface area (Å²) in [5, 5.41) is 8.48. The van der Waals surface area contributed by atoms with Crippen LogP contribution in [-0.4, -0.2) is 24.1 Å². The molecule has 0 fully saturated rings. The Kier molecular flexibility index (Phi) is 6.36. The van der Waals surface area contributed by atoms with Gasteiger partial charge in [-0.2, -0.15) is 0 Å². The van der Waals surface area contributed by atoms with Crippen LogP contribution in [0.1, 0.15) is 25.3 Å². The molecule has 1 rings (SSSR count). The van der Waals surface area contributed by atoms with Gasteiger partial charge in [0.05, 0.1) is 0 Å². The van der Waals surface area contributed by atoms with Crippen LogP contribution in [0.4, 0.5) is 0 Å². The van der Waals surface area contributed by atoms with Gasteiger partial charge in [-0.05, 0) is 29.7 Å². The summed E-state index contributed by atoms with van der Waals surface area (Å²) in [7, 11) is 1.58. The maximum atomic E-state index is 11.1. The van der Waals surface area contributed by atoms with E-state index in [2.05, 4.69) is 25.4 Å². The fourth-order valence-corrected chi connectivity index (χ4v) is 1.52. The van der Waals surface area contributed by atoms with Crippen LogP contribution >= 0.6 is 0 Å². The SMILES string of the molecule is C=C(/C=C\C(=N/C)Oc1ccc(C(C)C)cc1)C(=O)NO. The van der Waals surface area contributed by atoms with Crippen molar-refractivity contribution in [2.45, 2.75) is 19.8 Å². The van der Waals surface area contributed by atoms with Crippen LogP contribution < -0.4 is 10.2 Å². The summed E-state index contributed by atoms with van der Waals surface area (Å²) in [6, 6.07) is 7.72. The number of aliphatic imine (C=N–C) groups is 1. The lowest BCUT2D eigenvalue weighted by molar-refractivity contribution is -0.124. The number of ether oxygens (including phenoxy) is 1. The van der Waals surface area contributed by atoms with Gasteiger partial charge in [-0.15, -0.1) is 0 Å². The van der Waals surface area contributed by atoms with Crippen LogP contribution in [0.5, 0.6) is 5.75 Å². The van der Waals surface area contributed by atoms with E-state index in [0.717, 1.165) is 0 Å². The molecule has 0 aliphatic carbocycles. The van der Waals surface area contributed by atoms with E-state index in [0.29, 0.717) is 17.6 Å². The van der Waals surface area contributed by atoms with Crippen LogP contribution in [0.3, 0.4) is 0 Å². The Morgan fingerprint density at radius 3 is 2.43 bits per heavy atom. The third kappa shape index (κ3) is 5.24. The molecule has 1 aromatic carbocycles. The van der Waals surface area contributed by atoms with Crippen LogP contribution in [0.2, 0.25) is 0 Å². The molecule has 0 saturated carbocycles. The quantitative estimate of drug-likeness (QED) is 0.218. The molecule has 0 radical (unpaired) electrons. The maximum Gasteiger partial charge on any atom is 0.274 e. The zero-order chi connectivity index (χ0) is 15.8. The van der Waals surface area contributed by atoms with Crippen molar-refractivity contribution >= 4 is 11.8 Å². The number of nitrogens with one attached hydrogen (secondary N) is 1. The molecule has 1 amide bonds. The van der Waals surface area contributed by atoms with Gasteiger partial charge < -0.3 is 4.74 Å². The lowest BCUT2D eigenvalue weighted by Gasteiger charge is -2.08. The second kappa shape index (κ2) is 8.01. The average molecular weight is 288 g/mol. The van der Waals surface area contributed by atoms with Gasteiger partial charge in [0, 0.05) is 18.7 Å². The summed E-state index contributed by atoms with van der Waals surface area (Å²) in [6.07, 6.45) is 2.92. The third-order valence-corrected chi connectivity index (χ3v) is 2.81. The van der Waals surface area contributed by atoms with Crippen LogP contribution in [0, 0.1) is 0 Å². The average Bonchev–Trinajstić information content (AvgIpc) is 2.50. The van der Waals surface area contributed by atoms with E-state index in [4.69, 9.17) is 9.94 Å². The van der Waals surface area contributed by atoms with Gasteiger partial charge in [-0.25, -0.2) is 5.48 Å². The summed E-state index contributed by atoms with van der Waals surface area (Å²) < 4.78 is 5.59. The minimum Gasteiger partial charge on any atom is -0.439 e. The first kappa shape index (κ1) is 16.7. The Hall–Kier alpha value is -2.40. The van der Waals surface area contributed by atoms with Gasteiger partial charge in [0.25, 0.3) is 5.91 Å². The number of hydrogen-bond acceptors (Lipinski definition) is 4. The van der Waals surface area contributed by atoms with Crippen molar-refractivity contribution in [2.24, 2.45) is 4.99 Å². The lowest BCUT2D eigenvalue weighted by atomic mass is 10.0. The fraction of sp³-hybridized carbons (Fsp3) is 0.250. The van der Waals surface area contributed by atoms with E-state index in [1.54, 1.807) is 7.05 Å². The number of rotatable bonds is 5. The predicted octanol–water partition coefficient (Wildman–Crippen LogP) is 2.83. The molecule has 0 atom stereocenters. The summed E-state index contributed by atoms with van der Waals surface area (Å²) in [4.78, 5) is 15.0. The smallest absolute Gasteiger partial charge is 0.274 e. The molecule has 0 heterocycles. The molecule has 112 valence electrons. The molecule has 0 aliphatic rings. The van der Waals surface area contributed by atoms with Gasteiger partial charge in [0.1, 0.15) is 5.75 Å². The number of benzene rings is 1. The topological polar surface area (TPSA) is 70.9 Å². The normalized spacial score (nSPS) is 11.8. The van der Waals surface area contributed by atoms with Crippen LogP contribution in [0.25, 0.3) is 0 Å². The highest BCUT2D eigenvalue weighted by Crippen LogP contribution is 2.18. The van der Waals surface area contributed by atoms with Crippen molar-refractivity contribution < 1.29 is 14.7 Å². The van der Waals surface area contributed by atoms with E-state index in [1.165, 1.54) is 23.2 Å². The molecule has 0 aliphatic heterocycles. The molecule has 5 heteroatoms. The number of amides is 1. The zero-order valence-electron chi connectivity index (χ0n) is 12.5. The Morgan fingerprint density at radius 2 is 1.95 bits per heavy atom. The third-order valence-electron chi connectivity index (χ3n) is 2.81. The van der Waals surface area contributed by atoms with Crippen molar-refractivity contribution in [3.8, 4) is 5.75 Å². The second-order valence-electron chi connectivity index (χ2n) is 4.69. The van der Waals surface area contributed by atoms with Gasteiger partial charge in [-0.1, -0.05) is 32.6 Å². The molecular formula is C16H20N2O3. The fourth-order valence-electron chi connectivity index (χ4n) is 1.52. The van der Waals surface area contributed by atoms with Crippen molar-refractivity contribution in [1.29, 1.82) is 0 Å². The molecule has 0 saturated heterocycles. The summed E-state index contributed by atoms with van der Waals surface area (Å²) in [5.74, 6) is 0.766. The molecule has 0 aromatic heterocycles. The van der Waals surface area contributed by atoms with E-state index < -0.39 is 5.91 Å². The van der Waals surface area contributed by atoms with Crippen molar-refractivity contribution in [2.75, 3.05) is 7.05 Å². The Morgan fingerprint density at radius 1 is 1.33 bits per heavy atom. The molecular weight excluding hydrogens is 268 g/mol. The first-order valence-corrected chi connectivity index (χ1v) is 6.54. The molecule has 5 nitrogen and oxygen atoms in total. The number of nitrogens with zero attached hydrogens (tertiary/aromatic N) is 1. The monoisotopic (exact) mass is 288 g/mol. The van der Waals surface area contributed by atoms with Gasteiger partial charge in [-0.3, -0.25) is 15.0 Å². The van der Waals surface area contributed by atoms with E-state index in [9.17, 15) is 4.79 Å². The molecule has 0 unspecified atom stereocenters. The van der Waals surface area contributed by atoms with E-state index in [1.807, 2.05) is 24.3 Å². The van der Waals surface area contributed by atoms with Crippen LogP contribution in [0.15, 0.2) is 53.6 Å². The highest BCUT2D eigenvalue weighted by atomic mass is 16.5. The van der Waals surface area contributed by atoms with Crippen molar-refractivity contribution in [3.63, 3.8) is 0 Å². The standard InChI is InChI=1S/C16H20N2O3/c1-11(2)13-6-8-14(9-7-13)21-15(17-4)10-5-12(3)16(19)18-20/h5-11,20H,3H2,1-2,4H3,(H,18,19)/b10-5-,17-15+. The molecule has 0 spiro atoms. The number of hydrogen-bond donors (Lipinski definition) is 2. The van der Waals surface area contributed by atoms with E-state index in [-0.39, 0.29) is 5.57 Å². The summed E-state index contributed by atoms with van der Waals surface area (Å²) in [6.45, 7) is 7.74. The zero-order valence-corrected chi connectivity index (χ0v) is 12.5. The molecule has 21 heavy (non-hydrogen) atoms. The van der Waals surface area contributed by atoms with Gasteiger partial charge >= 0.3 is 0 Å². The Bertz CT molecular complexity index is 557. The molecule has 0 bridgehead atoms. The predicted molar refractivity (Wildman–Crippen MR) is 82.7 cm³/mol. The number of carbonyl (C=O) groups is 1. The summed E-state index contributed by atoms with van der Waals surface area (Å²) >= 11 is 0. The summed E-state index contributed by atoms with van der Waals surface area (Å²) in [5.41, 5.74) is 2.82. The van der Waals surface area contributed by atoms with Gasteiger partial charge in [0.15, 0.2) is 0 Å². The second-order valence-corrected chi connectivity index (χ2v) is 4.69. The number of carbonyl (C=O) groups excluding carboxylic acids is 1. The Balaban J connectivity index is 2.73. The molecule has 2 N–H and O–H groups in total. The van der Waals surface area contributed by atoms with Crippen LogP contribution in [-0.2, 0) is 4.79 Å². The minimum absolute atomic E-state index is 0.0948. The van der Waals surface area contributed by atoms with Crippen molar-refractivity contribution in [1.82, 2.24) is 5.48 Å². The number of hydroxylamine groups is 1. The van der Waals surface area contributed by atoms with Gasteiger partial charge in [0.2, 0.25) is 5.90 Å². The maximum absolute atomic E-state index is 11.1. The lowest BCUT2D eigenvalue weighted by Crippen LogP contribution is -2.19. The minimum atomic E-state index is -0.678. The van der Waals surface area contributed by atoms with Crippen molar-refractivity contribution in [3.05, 3.63) is 54.1 Å². The highest BCUT2D eigenvalue weighted by Gasteiger charge is 2.04.